The van der Waals surface area contributed by atoms with Crippen molar-refractivity contribution in [2.24, 2.45) is 0 Å². The van der Waals surface area contributed by atoms with Crippen LogP contribution in [0, 0.1) is 0 Å². The van der Waals surface area contributed by atoms with Crippen LogP contribution in [0.15, 0.2) is 27.5 Å². The molecule has 0 saturated heterocycles. The lowest BCUT2D eigenvalue weighted by Crippen LogP contribution is -2.02. The first kappa shape index (κ1) is 9.13. The molecule has 0 saturated carbocycles. The summed E-state index contributed by atoms with van der Waals surface area (Å²) in [5, 5.41) is 15.3. The smallest absolute Gasteiger partial charge is 0.393 e. The van der Waals surface area contributed by atoms with Crippen LogP contribution in [0.2, 0.25) is 0 Å². The molecule has 0 spiro atoms. The number of hydrogen-bond acceptors (Lipinski definition) is 5. The molecule has 0 aromatic carbocycles. The van der Waals surface area contributed by atoms with Crippen molar-refractivity contribution in [3.63, 3.8) is 0 Å². The minimum atomic E-state index is -1.31. The Morgan fingerprint density at radius 2 is 2.27 bits per heavy atom. The number of hydrogen-bond donors (Lipinski definition) is 2. The highest BCUT2D eigenvalue weighted by Crippen LogP contribution is 2.14. The number of pyridine rings is 1. The third kappa shape index (κ3) is 1.75. The highest BCUT2D eigenvalue weighted by molar-refractivity contribution is 5.82. The molecule has 7 nitrogen and oxygen atoms in total. The van der Waals surface area contributed by atoms with Crippen molar-refractivity contribution >= 4 is 5.97 Å². The van der Waals surface area contributed by atoms with Gasteiger partial charge in [0, 0.05) is 17.8 Å². The molecule has 2 aromatic heterocycles. The van der Waals surface area contributed by atoms with Crippen LogP contribution >= 0.6 is 0 Å². The number of carbonyl (C=O) groups is 1. The van der Waals surface area contributed by atoms with Crippen LogP contribution in [0.1, 0.15) is 10.7 Å². The standard InChI is InChI=1S/C8H5N3O4/c12-5-3-4(1-2-9-5)6-10-11-7(15-6)8(13)14/h1-3H,(H,9,12)(H,13,14). The molecule has 0 bridgehead atoms. The van der Waals surface area contributed by atoms with E-state index < -0.39 is 11.9 Å². The van der Waals surface area contributed by atoms with E-state index in [-0.39, 0.29) is 11.4 Å². The lowest BCUT2D eigenvalue weighted by atomic mass is 10.3. The lowest BCUT2D eigenvalue weighted by molar-refractivity contribution is 0.0654. The molecule has 2 N–H and O–H groups in total. The van der Waals surface area contributed by atoms with E-state index in [0.29, 0.717) is 5.56 Å². The van der Waals surface area contributed by atoms with Crippen molar-refractivity contribution in [3.8, 4) is 11.5 Å². The number of aromatic carboxylic acids is 1. The zero-order chi connectivity index (χ0) is 10.8. The number of nitrogens with zero attached hydrogens (tertiary/aromatic N) is 2. The minimum absolute atomic E-state index is 0.00139. The Labute approximate surface area is 82.4 Å². The van der Waals surface area contributed by atoms with Gasteiger partial charge in [-0.05, 0) is 6.07 Å². The molecular formula is C8H5N3O4. The summed E-state index contributed by atoms with van der Waals surface area (Å²) in [6.07, 6.45) is 1.41. The zero-order valence-electron chi connectivity index (χ0n) is 7.30. The number of aromatic nitrogens is 3. The molecule has 0 radical (unpaired) electrons. The quantitative estimate of drug-likeness (QED) is 0.723. The Bertz CT molecular complexity index is 557. The molecule has 0 unspecified atom stereocenters. The lowest BCUT2D eigenvalue weighted by Gasteiger charge is -1.90. The van der Waals surface area contributed by atoms with E-state index in [9.17, 15) is 9.59 Å². The van der Waals surface area contributed by atoms with Gasteiger partial charge in [0.15, 0.2) is 0 Å². The second kappa shape index (κ2) is 3.37. The van der Waals surface area contributed by atoms with E-state index >= 15 is 0 Å². The van der Waals surface area contributed by atoms with Gasteiger partial charge in [-0.2, -0.15) is 0 Å². The number of carboxylic acids is 1. The van der Waals surface area contributed by atoms with Gasteiger partial charge in [0.1, 0.15) is 0 Å². The van der Waals surface area contributed by atoms with Crippen LogP contribution in [-0.2, 0) is 0 Å². The Morgan fingerprint density at radius 1 is 1.47 bits per heavy atom. The summed E-state index contributed by atoms with van der Waals surface area (Å²) < 4.78 is 4.81. The number of rotatable bonds is 2. The van der Waals surface area contributed by atoms with E-state index in [1.54, 1.807) is 0 Å². The van der Waals surface area contributed by atoms with Crippen LogP contribution in [0.25, 0.3) is 11.5 Å². The van der Waals surface area contributed by atoms with Gasteiger partial charge in [0.05, 0.1) is 0 Å². The molecule has 2 heterocycles. The summed E-state index contributed by atoms with van der Waals surface area (Å²) in [6.45, 7) is 0. The Morgan fingerprint density at radius 3 is 2.87 bits per heavy atom. The van der Waals surface area contributed by atoms with Crippen LogP contribution in [-0.4, -0.2) is 26.3 Å². The topological polar surface area (TPSA) is 109 Å². The predicted molar refractivity (Wildman–Crippen MR) is 47.3 cm³/mol. The molecule has 76 valence electrons. The molecule has 0 aliphatic carbocycles. The number of nitrogens with one attached hydrogen (secondary N) is 1. The third-order valence-corrected chi connectivity index (χ3v) is 1.63. The second-order valence-corrected chi connectivity index (χ2v) is 2.66. The molecule has 0 amide bonds. The van der Waals surface area contributed by atoms with Gasteiger partial charge in [-0.25, -0.2) is 4.79 Å². The van der Waals surface area contributed by atoms with E-state index in [2.05, 4.69) is 15.2 Å². The molecule has 15 heavy (non-hydrogen) atoms. The van der Waals surface area contributed by atoms with E-state index in [1.807, 2.05) is 0 Å². The Kier molecular flexibility index (Phi) is 2.05. The third-order valence-electron chi connectivity index (χ3n) is 1.63. The summed E-state index contributed by atoms with van der Waals surface area (Å²) in [5.41, 5.74) is 0.0429. The fourth-order valence-electron chi connectivity index (χ4n) is 1.00. The van der Waals surface area contributed by atoms with Crippen LogP contribution < -0.4 is 5.56 Å². The van der Waals surface area contributed by atoms with Crippen molar-refractivity contribution in [1.29, 1.82) is 0 Å². The highest BCUT2D eigenvalue weighted by Gasteiger charge is 2.14. The number of carboxylic acid groups (broad SMARTS) is 1. The second-order valence-electron chi connectivity index (χ2n) is 2.66. The first-order valence-corrected chi connectivity index (χ1v) is 3.93. The van der Waals surface area contributed by atoms with Crippen molar-refractivity contribution in [2.75, 3.05) is 0 Å². The average molecular weight is 207 g/mol. The van der Waals surface area contributed by atoms with Crippen LogP contribution in [0.4, 0.5) is 0 Å². The first-order valence-electron chi connectivity index (χ1n) is 3.93. The van der Waals surface area contributed by atoms with E-state index in [4.69, 9.17) is 9.52 Å². The number of aromatic amines is 1. The van der Waals surface area contributed by atoms with E-state index in [0.717, 1.165) is 0 Å². The molecule has 7 heteroatoms. The van der Waals surface area contributed by atoms with Crippen LogP contribution in [0.3, 0.4) is 0 Å². The molecule has 2 rings (SSSR count). The molecule has 2 aromatic rings. The molecule has 0 aliphatic heterocycles. The Balaban J connectivity index is 2.46. The Hall–Kier alpha value is -2.44. The van der Waals surface area contributed by atoms with Crippen molar-refractivity contribution < 1.29 is 14.3 Å². The van der Waals surface area contributed by atoms with Gasteiger partial charge < -0.3 is 14.5 Å². The SMILES string of the molecule is O=C(O)c1nnc(-c2cc[nH]c(=O)c2)o1. The maximum absolute atomic E-state index is 10.9. The monoisotopic (exact) mass is 207 g/mol. The van der Waals surface area contributed by atoms with Crippen molar-refractivity contribution in [1.82, 2.24) is 15.2 Å². The number of H-pyrrole nitrogens is 1. The maximum atomic E-state index is 10.9. The van der Waals surface area contributed by atoms with Gasteiger partial charge in [-0.3, -0.25) is 4.79 Å². The molecule has 0 atom stereocenters. The highest BCUT2D eigenvalue weighted by atomic mass is 16.4. The molecular weight excluding hydrogens is 202 g/mol. The fourth-order valence-corrected chi connectivity index (χ4v) is 1.00. The molecule has 0 fully saturated rings. The molecule has 0 aliphatic rings. The summed E-state index contributed by atoms with van der Waals surface area (Å²) in [5.74, 6) is -1.82. The van der Waals surface area contributed by atoms with Gasteiger partial charge in [-0.1, -0.05) is 0 Å². The zero-order valence-corrected chi connectivity index (χ0v) is 7.30. The maximum Gasteiger partial charge on any atom is 0.393 e. The largest absolute Gasteiger partial charge is 0.474 e. The predicted octanol–water partition coefficient (Wildman–Crippen LogP) is 0.123. The summed E-state index contributed by atoms with van der Waals surface area (Å²) >= 11 is 0. The minimum Gasteiger partial charge on any atom is -0.474 e. The summed E-state index contributed by atoms with van der Waals surface area (Å²) in [7, 11) is 0. The van der Waals surface area contributed by atoms with Crippen LogP contribution in [0.5, 0.6) is 0 Å². The van der Waals surface area contributed by atoms with E-state index in [1.165, 1.54) is 18.3 Å². The van der Waals surface area contributed by atoms with Gasteiger partial charge in [-0.15, -0.1) is 10.2 Å². The fraction of sp³-hybridized carbons (Fsp3) is 0. The normalized spacial score (nSPS) is 10.1. The first-order chi connectivity index (χ1) is 7.16. The van der Waals surface area contributed by atoms with Crippen molar-refractivity contribution in [2.45, 2.75) is 0 Å². The summed E-state index contributed by atoms with van der Waals surface area (Å²) in [6, 6.07) is 2.76. The van der Waals surface area contributed by atoms with Gasteiger partial charge in [0.25, 0.3) is 0 Å². The van der Waals surface area contributed by atoms with Gasteiger partial charge in [0.2, 0.25) is 11.4 Å². The van der Waals surface area contributed by atoms with Crippen molar-refractivity contribution in [3.05, 3.63) is 34.6 Å². The average Bonchev–Trinajstić information content (AvgIpc) is 2.66. The summed E-state index contributed by atoms with van der Waals surface area (Å²) in [4.78, 5) is 23.8. The van der Waals surface area contributed by atoms with Gasteiger partial charge >= 0.3 is 11.9 Å².